The van der Waals surface area contributed by atoms with Crippen LogP contribution in [-0.2, 0) is 0 Å². The Balaban J connectivity index is 2.68. The highest BCUT2D eigenvalue weighted by molar-refractivity contribution is 5.51. The molecule has 6 nitrogen and oxygen atoms in total. The summed E-state index contributed by atoms with van der Waals surface area (Å²) in [6.07, 6.45) is 3.42. The Bertz CT molecular complexity index is 418. The van der Waals surface area contributed by atoms with Gasteiger partial charge in [-0.2, -0.15) is 0 Å². The summed E-state index contributed by atoms with van der Waals surface area (Å²) in [7, 11) is 0. The molecule has 15 heavy (non-hydrogen) atoms. The zero-order valence-corrected chi connectivity index (χ0v) is 7.78. The molecule has 0 heterocycles. The molecule has 0 bridgehead atoms. The lowest BCUT2D eigenvalue weighted by molar-refractivity contribution is -0.384. The van der Waals surface area contributed by atoms with Crippen LogP contribution in [0.3, 0.4) is 0 Å². The second-order valence-corrected chi connectivity index (χ2v) is 2.66. The van der Waals surface area contributed by atoms with E-state index >= 15 is 0 Å². The Hall–Kier alpha value is -2.33. The fourth-order valence-corrected chi connectivity index (χ4v) is 0.980. The quantitative estimate of drug-likeness (QED) is 0.248. The van der Waals surface area contributed by atoms with Crippen molar-refractivity contribution in [3.8, 4) is 0 Å². The lowest BCUT2D eigenvalue weighted by Crippen LogP contribution is -1.86. The average molecular weight is 204 g/mol. The second-order valence-electron chi connectivity index (χ2n) is 2.66. The van der Waals surface area contributed by atoms with Crippen LogP contribution in [0.4, 0.5) is 5.69 Å². The summed E-state index contributed by atoms with van der Waals surface area (Å²) in [5.74, 6) is 0. The minimum absolute atomic E-state index is 0.0576. The van der Waals surface area contributed by atoms with Crippen molar-refractivity contribution < 1.29 is 4.92 Å². The van der Waals surface area contributed by atoms with Crippen LogP contribution >= 0.6 is 0 Å². The summed E-state index contributed by atoms with van der Waals surface area (Å²) < 4.78 is 0. The number of nitrogens with zero attached hydrogens (tertiary/aromatic N) is 4. The van der Waals surface area contributed by atoms with Gasteiger partial charge >= 0.3 is 0 Å². The topological polar surface area (TPSA) is 91.9 Å². The fraction of sp³-hybridized carbons (Fsp3) is 0.111. The number of hydrogen-bond donors (Lipinski definition) is 0. The minimum Gasteiger partial charge on any atom is -0.258 e. The Morgan fingerprint density at radius 1 is 1.47 bits per heavy atom. The number of nitro groups is 1. The lowest BCUT2D eigenvalue weighted by Gasteiger charge is -1.92. The molecule has 0 aliphatic rings. The molecule has 1 aromatic rings. The summed E-state index contributed by atoms with van der Waals surface area (Å²) >= 11 is 0. The van der Waals surface area contributed by atoms with Gasteiger partial charge in [0.25, 0.3) is 5.69 Å². The molecule has 6 heteroatoms. The van der Waals surface area contributed by atoms with Crippen LogP contribution in [0, 0.1) is 10.1 Å². The molecule has 0 fully saturated rings. The van der Waals surface area contributed by atoms with Crippen molar-refractivity contribution in [1.82, 2.24) is 0 Å². The molecule has 0 aliphatic heterocycles. The number of non-ortho nitro benzene ring substituents is 1. The monoisotopic (exact) mass is 204 g/mol. The molecule has 0 spiro atoms. The second kappa shape index (κ2) is 5.41. The molecule has 0 aromatic heterocycles. The SMILES string of the molecule is [N-]=[N+]=NCC=Cc1ccc([N+](=O)[O-])cc1. The fourth-order valence-electron chi connectivity index (χ4n) is 0.980. The van der Waals surface area contributed by atoms with Gasteiger partial charge in [0.2, 0.25) is 0 Å². The molecule has 76 valence electrons. The maximum atomic E-state index is 10.3. The van der Waals surface area contributed by atoms with Crippen LogP contribution in [0.15, 0.2) is 35.5 Å². The van der Waals surface area contributed by atoms with Crippen molar-refractivity contribution in [2.45, 2.75) is 0 Å². The first-order valence-electron chi connectivity index (χ1n) is 4.16. The average Bonchev–Trinajstić information content (AvgIpc) is 2.25. The maximum Gasteiger partial charge on any atom is 0.269 e. The van der Waals surface area contributed by atoms with Gasteiger partial charge in [-0.3, -0.25) is 10.1 Å². The Kier molecular flexibility index (Phi) is 3.88. The molecule has 1 rings (SSSR count). The van der Waals surface area contributed by atoms with Crippen molar-refractivity contribution in [2.75, 3.05) is 6.54 Å². The third-order valence-corrected chi connectivity index (χ3v) is 1.66. The third kappa shape index (κ3) is 3.50. The van der Waals surface area contributed by atoms with E-state index in [9.17, 15) is 10.1 Å². The number of rotatable bonds is 4. The number of nitro benzene ring substituents is 1. The smallest absolute Gasteiger partial charge is 0.258 e. The van der Waals surface area contributed by atoms with Crippen LogP contribution in [-0.4, -0.2) is 11.5 Å². The van der Waals surface area contributed by atoms with E-state index in [1.807, 2.05) is 0 Å². The molecule has 0 saturated carbocycles. The van der Waals surface area contributed by atoms with Gasteiger partial charge in [0, 0.05) is 23.6 Å². The lowest BCUT2D eigenvalue weighted by atomic mass is 10.2. The summed E-state index contributed by atoms with van der Waals surface area (Å²) in [4.78, 5) is 12.5. The predicted molar refractivity (Wildman–Crippen MR) is 56.1 cm³/mol. The van der Waals surface area contributed by atoms with E-state index in [2.05, 4.69) is 10.0 Å². The van der Waals surface area contributed by atoms with Gasteiger partial charge in [-0.25, -0.2) is 0 Å². The summed E-state index contributed by atoms with van der Waals surface area (Å²) in [5.41, 5.74) is 8.90. The van der Waals surface area contributed by atoms with Crippen molar-refractivity contribution in [3.05, 3.63) is 56.5 Å². The summed E-state index contributed by atoms with van der Waals surface area (Å²) in [6.45, 7) is 0.271. The summed E-state index contributed by atoms with van der Waals surface area (Å²) in [6, 6.07) is 6.11. The molecule has 0 amide bonds. The van der Waals surface area contributed by atoms with Crippen LogP contribution in [0.2, 0.25) is 0 Å². The van der Waals surface area contributed by atoms with E-state index in [0.29, 0.717) is 0 Å². The molecule has 0 unspecified atom stereocenters. The standard InChI is InChI=1S/C9H8N4O2/c10-12-11-7-1-2-8-3-5-9(6-4-8)13(14)15/h1-6H,7H2. The Morgan fingerprint density at radius 2 is 2.13 bits per heavy atom. The molecular weight excluding hydrogens is 196 g/mol. The van der Waals surface area contributed by atoms with E-state index < -0.39 is 4.92 Å². The van der Waals surface area contributed by atoms with E-state index in [-0.39, 0.29) is 12.2 Å². The summed E-state index contributed by atoms with van der Waals surface area (Å²) in [5, 5.41) is 13.7. The van der Waals surface area contributed by atoms with Gasteiger partial charge in [-0.05, 0) is 23.2 Å². The van der Waals surface area contributed by atoms with E-state index in [1.165, 1.54) is 12.1 Å². The van der Waals surface area contributed by atoms with Gasteiger partial charge in [0.05, 0.1) is 4.92 Å². The molecule has 0 aliphatic carbocycles. The highest BCUT2D eigenvalue weighted by Crippen LogP contribution is 2.12. The highest BCUT2D eigenvalue weighted by atomic mass is 16.6. The van der Waals surface area contributed by atoms with Gasteiger partial charge < -0.3 is 0 Å². The van der Waals surface area contributed by atoms with Gasteiger partial charge in [0.15, 0.2) is 0 Å². The highest BCUT2D eigenvalue weighted by Gasteiger charge is 2.01. The normalized spacial score (nSPS) is 9.87. The van der Waals surface area contributed by atoms with Gasteiger partial charge in [-0.1, -0.05) is 17.3 Å². The van der Waals surface area contributed by atoms with Crippen molar-refractivity contribution in [3.63, 3.8) is 0 Å². The first-order valence-corrected chi connectivity index (χ1v) is 4.16. The molecule has 0 atom stereocenters. The third-order valence-electron chi connectivity index (χ3n) is 1.66. The first kappa shape index (κ1) is 10.7. The first-order chi connectivity index (χ1) is 7.24. The van der Waals surface area contributed by atoms with Crippen molar-refractivity contribution in [1.29, 1.82) is 0 Å². The number of benzene rings is 1. The van der Waals surface area contributed by atoms with Gasteiger partial charge in [-0.15, -0.1) is 0 Å². The molecule has 0 radical (unpaired) electrons. The van der Waals surface area contributed by atoms with Crippen LogP contribution < -0.4 is 0 Å². The molecule has 0 saturated heterocycles. The molecular formula is C9H8N4O2. The van der Waals surface area contributed by atoms with E-state index in [1.54, 1.807) is 24.3 Å². The van der Waals surface area contributed by atoms with Crippen LogP contribution in [0.5, 0.6) is 0 Å². The number of azide groups is 1. The van der Waals surface area contributed by atoms with E-state index in [4.69, 9.17) is 5.53 Å². The van der Waals surface area contributed by atoms with Crippen molar-refractivity contribution in [2.24, 2.45) is 5.11 Å². The minimum atomic E-state index is -0.451. The van der Waals surface area contributed by atoms with E-state index in [0.717, 1.165) is 5.56 Å². The zero-order valence-electron chi connectivity index (χ0n) is 7.78. The predicted octanol–water partition coefficient (Wildman–Crippen LogP) is 2.92. The zero-order chi connectivity index (χ0) is 11.1. The van der Waals surface area contributed by atoms with Crippen molar-refractivity contribution >= 4 is 11.8 Å². The van der Waals surface area contributed by atoms with Crippen LogP contribution in [0.1, 0.15) is 5.56 Å². The number of hydrogen-bond acceptors (Lipinski definition) is 3. The Morgan fingerprint density at radius 3 is 2.67 bits per heavy atom. The molecule has 0 N–H and O–H groups in total. The van der Waals surface area contributed by atoms with Crippen LogP contribution in [0.25, 0.3) is 16.5 Å². The Labute approximate surface area is 85.6 Å². The maximum absolute atomic E-state index is 10.3. The largest absolute Gasteiger partial charge is 0.269 e. The van der Waals surface area contributed by atoms with Gasteiger partial charge in [0.1, 0.15) is 0 Å². The molecule has 1 aromatic carbocycles.